The molecule has 154 valence electrons. The van der Waals surface area contributed by atoms with Crippen molar-refractivity contribution in [1.82, 2.24) is 29.7 Å². The van der Waals surface area contributed by atoms with Crippen molar-refractivity contribution in [2.75, 3.05) is 5.73 Å². The van der Waals surface area contributed by atoms with Gasteiger partial charge in [-0.05, 0) is 50.1 Å². The van der Waals surface area contributed by atoms with Crippen molar-refractivity contribution in [3.8, 4) is 11.4 Å². The van der Waals surface area contributed by atoms with E-state index in [2.05, 4.69) is 25.2 Å². The third-order valence-electron chi connectivity index (χ3n) is 4.57. The summed E-state index contributed by atoms with van der Waals surface area (Å²) in [5, 5.41) is 8.62. The molecule has 0 saturated heterocycles. The largest absolute Gasteiger partial charge is 0.456 e. The van der Waals surface area contributed by atoms with Crippen molar-refractivity contribution >= 4 is 29.3 Å². The van der Waals surface area contributed by atoms with Crippen molar-refractivity contribution in [2.45, 2.75) is 33.3 Å². The normalized spacial score (nSPS) is 11.2. The second-order valence-electron chi connectivity index (χ2n) is 6.62. The maximum atomic E-state index is 12.2. The average molecular weight is 428 g/mol. The standard InChI is InChI=1S/C19H18ClN7O3/c1-10-14(11(2)27-19(22-10)24-18(21)25-27)7-8-16(28)29-9-15-23-17(26-30-15)12-3-5-13(20)6-4-12/h3-6H,7-9H2,1-2H3,(H2,21,25). The first-order valence-corrected chi connectivity index (χ1v) is 9.51. The Kier molecular flexibility index (Phi) is 5.32. The minimum absolute atomic E-state index is 0.103. The number of hydrogen-bond acceptors (Lipinski definition) is 9. The molecule has 0 bridgehead atoms. The van der Waals surface area contributed by atoms with Crippen LogP contribution in [0.25, 0.3) is 17.2 Å². The molecule has 10 nitrogen and oxygen atoms in total. The zero-order chi connectivity index (χ0) is 21.3. The second-order valence-corrected chi connectivity index (χ2v) is 7.06. The SMILES string of the molecule is Cc1nc2nc(N)nn2c(C)c1CCC(=O)OCc1nc(-c2ccc(Cl)cc2)no1. The van der Waals surface area contributed by atoms with Crippen LogP contribution < -0.4 is 5.73 Å². The van der Waals surface area contributed by atoms with Gasteiger partial charge in [-0.3, -0.25) is 4.79 Å². The van der Waals surface area contributed by atoms with Gasteiger partial charge < -0.3 is 15.0 Å². The Morgan fingerprint density at radius 2 is 1.97 bits per heavy atom. The quantitative estimate of drug-likeness (QED) is 0.460. The second kappa shape index (κ2) is 8.07. The lowest BCUT2D eigenvalue weighted by Gasteiger charge is -2.09. The fourth-order valence-electron chi connectivity index (χ4n) is 3.06. The van der Waals surface area contributed by atoms with Gasteiger partial charge in [-0.25, -0.2) is 4.98 Å². The molecule has 3 aromatic heterocycles. The van der Waals surface area contributed by atoms with Gasteiger partial charge in [0, 0.05) is 28.4 Å². The lowest BCUT2D eigenvalue weighted by molar-refractivity contribution is -0.145. The van der Waals surface area contributed by atoms with Crippen LogP contribution in [0.5, 0.6) is 0 Å². The topological polar surface area (TPSA) is 134 Å². The molecule has 0 saturated carbocycles. The number of carbonyl (C=O) groups is 1. The Balaban J connectivity index is 1.36. The number of aryl methyl sites for hydroxylation is 2. The van der Waals surface area contributed by atoms with Crippen LogP contribution in [0.4, 0.5) is 5.95 Å². The number of carbonyl (C=O) groups excluding carboxylic acids is 1. The molecule has 1 aromatic carbocycles. The van der Waals surface area contributed by atoms with Gasteiger partial charge in [-0.15, -0.1) is 5.10 Å². The number of ether oxygens (including phenoxy) is 1. The van der Waals surface area contributed by atoms with Crippen LogP contribution in [0.3, 0.4) is 0 Å². The number of nitrogen functional groups attached to an aromatic ring is 1. The molecular formula is C19H18ClN7O3. The Bertz CT molecular complexity index is 1220. The molecule has 0 radical (unpaired) electrons. The first-order chi connectivity index (χ1) is 14.4. The highest BCUT2D eigenvalue weighted by atomic mass is 35.5. The summed E-state index contributed by atoms with van der Waals surface area (Å²) in [6, 6.07) is 7.02. The first kappa shape index (κ1) is 19.8. The van der Waals surface area contributed by atoms with Crippen molar-refractivity contribution < 1.29 is 14.1 Å². The molecule has 0 aliphatic rings. The van der Waals surface area contributed by atoms with E-state index in [1.807, 2.05) is 13.8 Å². The van der Waals surface area contributed by atoms with Crippen LogP contribution in [0.15, 0.2) is 28.8 Å². The molecule has 0 aliphatic carbocycles. The molecule has 0 amide bonds. The third-order valence-corrected chi connectivity index (χ3v) is 4.82. The summed E-state index contributed by atoms with van der Waals surface area (Å²) >= 11 is 5.87. The number of aromatic nitrogens is 6. The number of anilines is 1. The van der Waals surface area contributed by atoms with Gasteiger partial charge in [0.15, 0.2) is 6.61 Å². The Hall–Kier alpha value is -3.53. The molecule has 0 aliphatic heterocycles. The minimum atomic E-state index is -0.391. The number of rotatable bonds is 6. The van der Waals surface area contributed by atoms with Crippen LogP contribution in [0.1, 0.15) is 29.3 Å². The molecule has 3 heterocycles. The monoisotopic (exact) mass is 427 g/mol. The number of hydrogen-bond donors (Lipinski definition) is 1. The van der Waals surface area contributed by atoms with Gasteiger partial charge >= 0.3 is 5.97 Å². The van der Waals surface area contributed by atoms with E-state index < -0.39 is 5.97 Å². The molecular weight excluding hydrogens is 410 g/mol. The zero-order valence-corrected chi connectivity index (χ0v) is 17.0. The molecule has 30 heavy (non-hydrogen) atoms. The highest BCUT2D eigenvalue weighted by Crippen LogP contribution is 2.19. The Morgan fingerprint density at radius 3 is 2.73 bits per heavy atom. The van der Waals surface area contributed by atoms with Gasteiger partial charge in [-0.1, -0.05) is 16.8 Å². The summed E-state index contributed by atoms with van der Waals surface area (Å²) in [5.74, 6) is 0.802. The van der Waals surface area contributed by atoms with Crippen molar-refractivity contribution in [1.29, 1.82) is 0 Å². The van der Waals surface area contributed by atoms with Crippen LogP contribution in [-0.4, -0.2) is 35.7 Å². The zero-order valence-electron chi connectivity index (χ0n) is 16.3. The van der Waals surface area contributed by atoms with E-state index in [1.165, 1.54) is 0 Å². The van der Waals surface area contributed by atoms with E-state index in [0.717, 1.165) is 22.5 Å². The number of benzene rings is 1. The van der Waals surface area contributed by atoms with Crippen LogP contribution >= 0.6 is 11.6 Å². The highest BCUT2D eigenvalue weighted by molar-refractivity contribution is 6.30. The predicted molar refractivity (Wildman–Crippen MR) is 108 cm³/mol. The molecule has 2 N–H and O–H groups in total. The lowest BCUT2D eigenvalue weighted by atomic mass is 10.1. The number of esters is 1. The van der Waals surface area contributed by atoms with Crippen LogP contribution in [-0.2, 0) is 22.6 Å². The van der Waals surface area contributed by atoms with E-state index in [1.54, 1.807) is 28.8 Å². The molecule has 4 aromatic rings. The maximum absolute atomic E-state index is 12.2. The van der Waals surface area contributed by atoms with Gasteiger partial charge in [0.1, 0.15) is 0 Å². The van der Waals surface area contributed by atoms with Crippen LogP contribution in [0.2, 0.25) is 5.02 Å². The van der Waals surface area contributed by atoms with E-state index in [9.17, 15) is 4.79 Å². The Labute approximate surface area is 176 Å². The number of halogens is 1. The van der Waals surface area contributed by atoms with Gasteiger partial charge in [0.2, 0.25) is 11.8 Å². The molecule has 0 spiro atoms. The lowest BCUT2D eigenvalue weighted by Crippen LogP contribution is -2.10. The number of nitrogens with zero attached hydrogens (tertiary/aromatic N) is 6. The third kappa shape index (κ3) is 4.08. The van der Waals surface area contributed by atoms with Crippen molar-refractivity contribution in [3.05, 3.63) is 52.1 Å². The van der Waals surface area contributed by atoms with Crippen LogP contribution in [0, 0.1) is 13.8 Å². The molecule has 4 rings (SSSR count). The van der Waals surface area contributed by atoms with Crippen molar-refractivity contribution in [3.63, 3.8) is 0 Å². The Morgan fingerprint density at radius 1 is 1.20 bits per heavy atom. The van der Waals surface area contributed by atoms with E-state index >= 15 is 0 Å². The molecule has 0 fully saturated rings. The van der Waals surface area contributed by atoms with Gasteiger partial charge in [0.05, 0.1) is 0 Å². The average Bonchev–Trinajstić information content (AvgIpc) is 3.33. The summed E-state index contributed by atoms with van der Waals surface area (Å²) in [7, 11) is 0. The minimum Gasteiger partial charge on any atom is -0.456 e. The van der Waals surface area contributed by atoms with Gasteiger partial charge in [0.25, 0.3) is 11.7 Å². The molecule has 0 atom stereocenters. The summed E-state index contributed by atoms with van der Waals surface area (Å²) < 4.78 is 12.0. The summed E-state index contributed by atoms with van der Waals surface area (Å²) in [6.07, 6.45) is 0.607. The van der Waals surface area contributed by atoms with E-state index in [-0.39, 0.29) is 24.9 Å². The van der Waals surface area contributed by atoms with E-state index in [0.29, 0.717) is 23.0 Å². The number of nitrogens with two attached hydrogens (primary N) is 1. The predicted octanol–water partition coefficient (Wildman–Crippen LogP) is 2.70. The highest BCUT2D eigenvalue weighted by Gasteiger charge is 2.15. The van der Waals surface area contributed by atoms with Gasteiger partial charge in [-0.2, -0.15) is 14.5 Å². The maximum Gasteiger partial charge on any atom is 0.306 e. The summed E-state index contributed by atoms with van der Waals surface area (Å²) in [4.78, 5) is 24.9. The van der Waals surface area contributed by atoms with Crippen molar-refractivity contribution in [2.24, 2.45) is 0 Å². The molecule has 11 heteroatoms. The summed E-state index contributed by atoms with van der Waals surface area (Å²) in [5.41, 5.74) is 8.89. The number of fused-ring (bicyclic) bond motifs is 1. The summed E-state index contributed by atoms with van der Waals surface area (Å²) in [6.45, 7) is 3.64. The fraction of sp³-hybridized carbons (Fsp3) is 0.263. The van der Waals surface area contributed by atoms with E-state index in [4.69, 9.17) is 26.6 Å². The fourth-order valence-corrected chi connectivity index (χ4v) is 3.18. The first-order valence-electron chi connectivity index (χ1n) is 9.13. The molecule has 0 unspecified atom stereocenters. The smallest absolute Gasteiger partial charge is 0.306 e.